The van der Waals surface area contributed by atoms with E-state index in [0.29, 0.717) is 0 Å². The zero-order valence-corrected chi connectivity index (χ0v) is 9.63. The van der Waals surface area contributed by atoms with Crippen molar-refractivity contribution < 1.29 is 19.4 Å². The molecule has 0 aliphatic carbocycles. The molecular formula is C13H13NO4. The van der Waals surface area contributed by atoms with E-state index in [0.717, 1.165) is 5.56 Å². The minimum atomic E-state index is -1.09. The molecular weight excluding hydrogens is 234 g/mol. The van der Waals surface area contributed by atoms with E-state index < -0.39 is 24.5 Å². The van der Waals surface area contributed by atoms with E-state index in [1.807, 2.05) is 30.3 Å². The Bertz CT molecular complexity index is 450. The van der Waals surface area contributed by atoms with Gasteiger partial charge in [-0.25, -0.2) is 4.79 Å². The van der Waals surface area contributed by atoms with Crippen LogP contribution in [0.4, 0.5) is 0 Å². The van der Waals surface area contributed by atoms with Crippen LogP contribution < -0.4 is 5.32 Å². The van der Waals surface area contributed by atoms with Crippen LogP contribution in [0, 0.1) is 12.3 Å². The number of nitrogens with one attached hydrogen (secondary N) is 1. The van der Waals surface area contributed by atoms with E-state index in [1.165, 1.54) is 0 Å². The SMILES string of the molecule is C#CC(NCC(=O)O)C(=O)OCc1ccccc1. The van der Waals surface area contributed by atoms with Crippen molar-refractivity contribution in [2.75, 3.05) is 6.54 Å². The van der Waals surface area contributed by atoms with Gasteiger partial charge in [0, 0.05) is 0 Å². The van der Waals surface area contributed by atoms with Crippen molar-refractivity contribution in [3.05, 3.63) is 35.9 Å². The molecule has 0 fully saturated rings. The highest BCUT2D eigenvalue weighted by atomic mass is 16.5. The molecule has 0 saturated heterocycles. The molecule has 1 aromatic carbocycles. The molecule has 0 radical (unpaired) electrons. The van der Waals surface area contributed by atoms with Gasteiger partial charge >= 0.3 is 11.9 Å². The zero-order valence-electron chi connectivity index (χ0n) is 9.63. The predicted octanol–water partition coefficient (Wildman–Crippen LogP) is 0.406. The molecule has 5 nitrogen and oxygen atoms in total. The highest BCUT2D eigenvalue weighted by molar-refractivity contribution is 5.80. The Morgan fingerprint density at radius 2 is 2.06 bits per heavy atom. The van der Waals surface area contributed by atoms with E-state index in [4.69, 9.17) is 16.3 Å². The van der Waals surface area contributed by atoms with Gasteiger partial charge in [-0.1, -0.05) is 36.3 Å². The van der Waals surface area contributed by atoms with Gasteiger partial charge < -0.3 is 9.84 Å². The number of carboxylic acid groups (broad SMARTS) is 1. The number of hydrogen-bond acceptors (Lipinski definition) is 4. The number of ether oxygens (including phenoxy) is 1. The molecule has 2 N–H and O–H groups in total. The van der Waals surface area contributed by atoms with Gasteiger partial charge in [-0.3, -0.25) is 10.1 Å². The van der Waals surface area contributed by atoms with Crippen molar-refractivity contribution in [1.29, 1.82) is 0 Å². The van der Waals surface area contributed by atoms with Crippen LogP contribution in [0.2, 0.25) is 0 Å². The average molecular weight is 247 g/mol. The third-order valence-corrected chi connectivity index (χ3v) is 2.08. The van der Waals surface area contributed by atoms with Crippen LogP contribution in [-0.2, 0) is 20.9 Å². The van der Waals surface area contributed by atoms with Crippen LogP contribution in [0.5, 0.6) is 0 Å². The van der Waals surface area contributed by atoms with Gasteiger partial charge in [-0.2, -0.15) is 0 Å². The van der Waals surface area contributed by atoms with E-state index in [9.17, 15) is 9.59 Å². The third kappa shape index (κ3) is 4.68. The third-order valence-electron chi connectivity index (χ3n) is 2.08. The molecule has 0 heterocycles. The number of terminal acetylenes is 1. The number of esters is 1. The predicted molar refractivity (Wildman–Crippen MR) is 64.5 cm³/mol. The van der Waals surface area contributed by atoms with Crippen molar-refractivity contribution in [3.8, 4) is 12.3 Å². The fourth-order valence-electron chi connectivity index (χ4n) is 1.21. The molecule has 0 bridgehead atoms. The Hall–Kier alpha value is -2.32. The number of carbonyl (C=O) groups is 2. The summed E-state index contributed by atoms with van der Waals surface area (Å²) in [5, 5.41) is 10.9. The summed E-state index contributed by atoms with van der Waals surface area (Å²) in [5.74, 6) is 0.389. The van der Waals surface area contributed by atoms with E-state index in [2.05, 4.69) is 11.2 Å². The highest BCUT2D eigenvalue weighted by Crippen LogP contribution is 2.01. The van der Waals surface area contributed by atoms with Crippen molar-refractivity contribution in [2.24, 2.45) is 0 Å². The molecule has 18 heavy (non-hydrogen) atoms. The first kappa shape index (κ1) is 13.7. The van der Waals surface area contributed by atoms with Crippen LogP contribution in [0.1, 0.15) is 5.56 Å². The van der Waals surface area contributed by atoms with Crippen LogP contribution in [-0.4, -0.2) is 29.6 Å². The van der Waals surface area contributed by atoms with Crippen molar-refractivity contribution in [3.63, 3.8) is 0 Å². The second-order valence-corrected chi connectivity index (χ2v) is 3.47. The maximum Gasteiger partial charge on any atom is 0.336 e. The monoisotopic (exact) mass is 247 g/mol. The average Bonchev–Trinajstić information content (AvgIpc) is 2.38. The molecule has 1 atom stereocenters. The Kier molecular flexibility index (Phi) is 5.42. The van der Waals surface area contributed by atoms with E-state index >= 15 is 0 Å². The van der Waals surface area contributed by atoms with Gasteiger partial charge in [0.2, 0.25) is 0 Å². The molecule has 0 saturated carbocycles. The summed E-state index contributed by atoms with van der Waals surface area (Å²) in [6.45, 7) is -0.290. The topological polar surface area (TPSA) is 75.6 Å². The number of benzene rings is 1. The summed E-state index contributed by atoms with van der Waals surface area (Å²) in [6.07, 6.45) is 5.12. The first-order valence-electron chi connectivity index (χ1n) is 5.25. The standard InChI is InChI=1S/C13H13NO4/c1-2-11(14-8-12(15)16)13(17)18-9-10-6-4-3-5-7-10/h1,3-7,11,14H,8-9H2,(H,15,16). The van der Waals surface area contributed by atoms with Crippen molar-refractivity contribution in [1.82, 2.24) is 5.32 Å². The molecule has 94 valence electrons. The molecule has 5 heteroatoms. The smallest absolute Gasteiger partial charge is 0.336 e. The molecule has 0 aliphatic rings. The van der Waals surface area contributed by atoms with Gasteiger partial charge in [0.05, 0.1) is 6.54 Å². The summed E-state index contributed by atoms with van der Waals surface area (Å²) >= 11 is 0. The lowest BCUT2D eigenvalue weighted by Crippen LogP contribution is -2.39. The number of carbonyl (C=O) groups excluding carboxylic acids is 1. The lowest BCUT2D eigenvalue weighted by Gasteiger charge is -2.11. The van der Waals surface area contributed by atoms with Gasteiger partial charge in [-0.15, -0.1) is 6.42 Å². The van der Waals surface area contributed by atoms with Crippen LogP contribution in [0.15, 0.2) is 30.3 Å². The van der Waals surface area contributed by atoms with Gasteiger partial charge in [0.15, 0.2) is 6.04 Å². The molecule has 0 spiro atoms. The van der Waals surface area contributed by atoms with Gasteiger partial charge in [-0.05, 0) is 5.56 Å². The Labute approximate surface area is 105 Å². The minimum absolute atomic E-state index is 0.104. The van der Waals surface area contributed by atoms with Crippen molar-refractivity contribution >= 4 is 11.9 Å². The lowest BCUT2D eigenvalue weighted by molar-refractivity contribution is -0.146. The van der Waals surface area contributed by atoms with E-state index in [-0.39, 0.29) is 6.61 Å². The first-order valence-corrected chi connectivity index (χ1v) is 5.25. The van der Waals surface area contributed by atoms with Crippen LogP contribution in [0.25, 0.3) is 0 Å². The number of carboxylic acids is 1. The summed E-state index contributed by atoms with van der Waals surface area (Å²) < 4.78 is 4.98. The summed E-state index contributed by atoms with van der Waals surface area (Å²) in [7, 11) is 0. The van der Waals surface area contributed by atoms with Crippen molar-refractivity contribution in [2.45, 2.75) is 12.6 Å². The zero-order chi connectivity index (χ0) is 13.4. The Balaban J connectivity index is 2.43. The van der Waals surface area contributed by atoms with Crippen LogP contribution >= 0.6 is 0 Å². The molecule has 0 amide bonds. The first-order chi connectivity index (χ1) is 8.63. The number of rotatable bonds is 6. The molecule has 0 aromatic heterocycles. The number of hydrogen-bond donors (Lipinski definition) is 2. The lowest BCUT2D eigenvalue weighted by atomic mass is 10.2. The minimum Gasteiger partial charge on any atom is -0.480 e. The summed E-state index contributed by atoms with van der Waals surface area (Å²) in [6, 6.07) is 8.06. The second-order valence-electron chi connectivity index (χ2n) is 3.47. The highest BCUT2D eigenvalue weighted by Gasteiger charge is 2.17. The normalized spacial score (nSPS) is 11.3. The molecule has 1 rings (SSSR count). The summed E-state index contributed by atoms with van der Waals surface area (Å²) in [4.78, 5) is 21.9. The van der Waals surface area contributed by atoms with Gasteiger partial charge in [0.1, 0.15) is 6.61 Å². The van der Waals surface area contributed by atoms with E-state index in [1.54, 1.807) is 0 Å². The molecule has 1 aromatic rings. The fraction of sp³-hybridized carbons (Fsp3) is 0.231. The fourth-order valence-corrected chi connectivity index (χ4v) is 1.21. The maximum absolute atomic E-state index is 11.5. The molecule has 0 aliphatic heterocycles. The van der Waals surface area contributed by atoms with Crippen LogP contribution in [0.3, 0.4) is 0 Å². The Morgan fingerprint density at radius 3 is 2.61 bits per heavy atom. The largest absolute Gasteiger partial charge is 0.480 e. The second kappa shape index (κ2) is 7.09. The quantitative estimate of drug-likeness (QED) is 0.562. The maximum atomic E-state index is 11.5. The number of aliphatic carboxylic acids is 1. The summed E-state index contributed by atoms with van der Waals surface area (Å²) in [5.41, 5.74) is 0.833. The molecule has 1 unspecified atom stereocenters. The Morgan fingerprint density at radius 1 is 1.39 bits per heavy atom. The van der Waals surface area contributed by atoms with Gasteiger partial charge in [0.25, 0.3) is 0 Å².